The zero-order valence-electron chi connectivity index (χ0n) is 15.7. The van der Waals surface area contributed by atoms with Crippen molar-refractivity contribution >= 4 is 28.2 Å². The number of anilines is 1. The second-order valence-electron chi connectivity index (χ2n) is 6.03. The summed E-state index contributed by atoms with van der Waals surface area (Å²) in [5, 5.41) is 17.6. The van der Waals surface area contributed by atoms with E-state index in [-0.39, 0.29) is 32.0 Å². The predicted molar refractivity (Wildman–Crippen MR) is 109 cm³/mol. The summed E-state index contributed by atoms with van der Waals surface area (Å²) >= 11 is 0. The predicted octanol–water partition coefficient (Wildman–Crippen LogP) is 2.31. The lowest BCUT2D eigenvalue weighted by molar-refractivity contribution is 0.221. The monoisotopic (exact) mass is 407 g/mol. The van der Waals surface area contributed by atoms with Crippen LogP contribution in [-0.2, 0) is 14.6 Å². The fourth-order valence-corrected chi connectivity index (χ4v) is 3.03. The third kappa shape index (κ3) is 7.32. The van der Waals surface area contributed by atoms with Crippen molar-refractivity contribution in [1.29, 1.82) is 0 Å². The molecule has 0 aliphatic carbocycles. The number of aliphatic hydroxyl groups is 2. The van der Waals surface area contributed by atoms with E-state index in [1.807, 2.05) is 48.4 Å². The van der Waals surface area contributed by atoms with E-state index in [0.717, 1.165) is 16.8 Å². The zero-order valence-corrected chi connectivity index (χ0v) is 16.5. The Hall–Kier alpha value is -2.39. The Kier molecular flexibility index (Phi) is 8.46. The lowest BCUT2D eigenvalue weighted by Crippen LogP contribution is -2.20. The van der Waals surface area contributed by atoms with Gasteiger partial charge in [0, 0.05) is 25.9 Å². The molecule has 0 amide bonds. The van der Waals surface area contributed by atoms with Gasteiger partial charge in [-0.3, -0.25) is 0 Å². The molecule has 0 spiro atoms. The molecule has 2 rings (SSSR count). The van der Waals surface area contributed by atoms with E-state index in [9.17, 15) is 8.42 Å². The molecule has 0 aliphatic rings. The van der Waals surface area contributed by atoms with Crippen molar-refractivity contribution in [1.82, 2.24) is 0 Å². The van der Waals surface area contributed by atoms with Gasteiger partial charge in [-0.1, -0.05) is 36.4 Å². The van der Waals surface area contributed by atoms with Gasteiger partial charge in [0.15, 0.2) is 0 Å². The van der Waals surface area contributed by atoms with Crippen molar-refractivity contribution in [3.63, 3.8) is 0 Å². The Labute approximate surface area is 165 Å². The van der Waals surface area contributed by atoms with Gasteiger partial charge in [-0.2, -0.15) is 8.42 Å². The van der Waals surface area contributed by atoms with Crippen LogP contribution in [0.25, 0.3) is 12.2 Å². The molecule has 2 aromatic rings. The molecule has 0 atom stereocenters. The van der Waals surface area contributed by atoms with Crippen LogP contribution in [0.2, 0.25) is 0 Å². The van der Waals surface area contributed by atoms with Crippen LogP contribution in [0.5, 0.6) is 5.75 Å². The first-order valence-electron chi connectivity index (χ1n) is 8.83. The van der Waals surface area contributed by atoms with Crippen LogP contribution < -0.4 is 9.08 Å². The molecule has 0 fully saturated rings. The number of rotatable bonds is 11. The average molecular weight is 407 g/mol. The van der Waals surface area contributed by atoms with E-state index in [1.54, 1.807) is 24.3 Å². The highest BCUT2D eigenvalue weighted by atomic mass is 32.3. The average Bonchev–Trinajstić information content (AvgIpc) is 2.68. The molecule has 2 aromatic carbocycles. The topological polar surface area (TPSA) is 96.3 Å². The molecule has 0 aliphatic heterocycles. The third-order valence-corrected chi connectivity index (χ3v) is 4.70. The number of likely N-dealkylation sites (N-methyl/N-ethyl adjacent to an activating group) is 1. The summed E-state index contributed by atoms with van der Waals surface area (Å²) < 4.78 is 32.7. The number of benzene rings is 2. The summed E-state index contributed by atoms with van der Waals surface area (Å²) in [6.07, 6.45) is 4.06. The first kappa shape index (κ1) is 21.9. The van der Waals surface area contributed by atoms with Crippen molar-refractivity contribution in [2.24, 2.45) is 0 Å². The molecule has 0 aromatic heterocycles. The Morgan fingerprint density at radius 2 is 1.50 bits per heavy atom. The van der Waals surface area contributed by atoms with E-state index < -0.39 is 10.4 Å². The Balaban J connectivity index is 1.94. The molecule has 152 valence electrons. The molecular weight excluding hydrogens is 382 g/mol. The smallest absolute Gasteiger partial charge is 0.396 e. The lowest BCUT2D eigenvalue weighted by atomic mass is 10.1. The van der Waals surface area contributed by atoms with Crippen molar-refractivity contribution in [3.8, 4) is 5.75 Å². The summed E-state index contributed by atoms with van der Waals surface area (Å²) in [6, 6.07) is 14.5. The van der Waals surface area contributed by atoms with E-state index in [0.29, 0.717) is 6.54 Å². The molecule has 7 nitrogen and oxygen atoms in total. The van der Waals surface area contributed by atoms with Gasteiger partial charge in [0.25, 0.3) is 0 Å². The minimum absolute atomic E-state index is 0.105. The quantitative estimate of drug-likeness (QED) is 0.436. The number of nitrogens with zero attached hydrogens (tertiary/aromatic N) is 1. The zero-order chi connectivity index (χ0) is 20.4. The van der Waals surface area contributed by atoms with Crippen LogP contribution in [0.4, 0.5) is 5.69 Å². The minimum atomic E-state index is -4.14. The third-order valence-electron chi connectivity index (χ3n) is 3.85. The van der Waals surface area contributed by atoms with Gasteiger partial charge in [0.05, 0.1) is 13.2 Å². The summed E-state index contributed by atoms with van der Waals surface area (Å²) in [4.78, 5) is 1.97. The molecule has 0 saturated heterocycles. The van der Waals surface area contributed by atoms with Crippen molar-refractivity contribution in [2.45, 2.75) is 6.42 Å². The Bertz CT molecular complexity index is 847. The first-order chi connectivity index (χ1) is 13.4. The molecule has 2 N–H and O–H groups in total. The molecule has 28 heavy (non-hydrogen) atoms. The summed E-state index contributed by atoms with van der Waals surface area (Å²) in [7, 11) is -2.22. The van der Waals surface area contributed by atoms with Crippen molar-refractivity contribution < 1.29 is 27.0 Å². The minimum Gasteiger partial charge on any atom is -0.396 e. The fourth-order valence-electron chi connectivity index (χ4n) is 2.31. The Morgan fingerprint density at radius 1 is 0.929 bits per heavy atom. The lowest BCUT2D eigenvalue weighted by Gasteiger charge is -2.17. The second kappa shape index (κ2) is 10.8. The molecule has 0 unspecified atom stereocenters. The second-order valence-corrected chi connectivity index (χ2v) is 7.25. The van der Waals surface area contributed by atoms with Crippen LogP contribution in [0, 0.1) is 0 Å². The molecule has 0 radical (unpaired) electrons. The van der Waals surface area contributed by atoms with Crippen LogP contribution in [0.3, 0.4) is 0 Å². The van der Waals surface area contributed by atoms with E-state index in [4.69, 9.17) is 14.4 Å². The highest BCUT2D eigenvalue weighted by Crippen LogP contribution is 2.18. The Morgan fingerprint density at radius 3 is 2.04 bits per heavy atom. The van der Waals surface area contributed by atoms with Gasteiger partial charge in [0.2, 0.25) is 0 Å². The van der Waals surface area contributed by atoms with Crippen LogP contribution in [0.15, 0.2) is 48.5 Å². The van der Waals surface area contributed by atoms with E-state index in [2.05, 4.69) is 4.18 Å². The number of hydrogen-bond donors (Lipinski definition) is 2. The largest absolute Gasteiger partial charge is 0.449 e. The highest BCUT2D eigenvalue weighted by Gasteiger charge is 2.13. The van der Waals surface area contributed by atoms with E-state index >= 15 is 0 Å². The summed E-state index contributed by atoms with van der Waals surface area (Å²) in [5.74, 6) is 0.150. The normalized spacial score (nSPS) is 11.7. The SMILES string of the molecule is CN(CCO)c1ccc(C=Cc2ccc(OS(=O)(=O)OCCCO)cc2)cc1. The van der Waals surface area contributed by atoms with Crippen molar-refractivity contribution in [3.05, 3.63) is 59.7 Å². The number of hydrogen-bond acceptors (Lipinski definition) is 7. The maximum atomic E-state index is 11.6. The standard InChI is InChI=1S/C20H25NO6S/c1-21(13-15-23)19-9-5-17(6-10-19)3-4-18-7-11-20(12-8-18)27-28(24,25)26-16-2-14-22/h3-12,22-23H,2,13-16H2,1H3. The maximum absolute atomic E-state index is 11.6. The van der Waals surface area contributed by atoms with Gasteiger partial charge in [-0.05, 0) is 41.8 Å². The van der Waals surface area contributed by atoms with Gasteiger partial charge >= 0.3 is 10.4 Å². The van der Waals surface area contributed by atoms with Crippen LogP contribution in [0.1, 0.15) is 17.5 Å². The first-order valence-corrected chi connectivity index (χ1v) is 10.2. The van der Waals surface area contributed by atoms with Crippen LogP contribution >= 0.6 is 0 Å². The molecular formula is C20H25NO6S. The van der Waals surface area contributed by atoms with Crippen LogP contribution in [-0.4, -0.2) is 52.0 Å². The van der Waals surface area contributed by atoms with Gasteiger partial charge in [-0.15, -0.1) is 0 Å². The summed E-state index contributed by atoms with van der Waals surface area (Å²) in [6.45, 7) is 0.395. The molecule has 0 heterocycles. The molecule has 8 heteroatoms. The number of aliphatic hydroxyl groups excluding tert-OH is 2. The maximum Gasteiger partial charge on any atom is 0.449 e. The highest BCUT2D eigenvalue weighted by molar-refractivity contribution is 7.82. The summed E-state index contributed by atoms with van der Waals surface area (Å²) in [5.41, 5.74) is 2.92. The fraction of sp³-hybridized carbons (Fsp3) is 0.300. The van der Waals surface area contributed by atoms with E-state index in [1.165, 1.54) is 0 Å². The van der Waals surface area contributed by atoms with Crippen molar-refractivity contribution in [2.75, 3.05) is 38.3 Å². The van der Waals surface area contributed by atoms with Gasteiger partial charge < -0.3 is 19.3 Å². The molecule has 0 bridgehead atoms. The molecule has 0 saturated carbocycles. The van der Waals surface area contributed by atoms with Gasteiger partial charge in [0.1, 0.15) is 5.75 Å². The van der Waals surface area contributed by atoms with Gasteiger partial charge in [-0.25, -0.2) is 4.18 Å².